The summed E-state index contributed by atoms with van der Waals surface area (Å²) >= 11 is 0. The number of hydrogen-bond acceptors (Lipinski definition) is 8. The molecule has 0 bridgehead atoms. The molecule has 2 atom stereocenters. The molecule has 9 heteroatoms. The van der Waals surface area contributed by atoms with Gasteiger partial charge in [0.2, 0.25) is 0 Å². The van der Waals surface area contributed by atoms with Crippen molar-refractivity contribution in [3.05, 3.63) is 48.6 Å². The molecule has 9 nitrogen and oxygen atoms in total. The molecule has 0 amide bonds. The van der Waals surface area contributed by atoms with Crippen molar-refractivity contribution in [3.8, 4) is 0 Å². The Hall–Kier alpha value is -2.75. The number of hydrogen-bond donors (Lipinski definition) is 0. The Morgan fingerprint density at radius 1 is 0.383 bits per heavy atom. The summed E-state index contributed by atoms with van der Waals surface area (Å²) in [6.07, 6.45) is 77.7. The molecule has 0 aromatic heterocycles. The third kappa shape index (κ3) is 64.7. The molecule has 0 saturated carbocycles. The fourth-order valence-corrected chi connectivity index (χ4v) is 10.3. The molecule has 2 unspecified atom stereocenters. The summed E-state index contributed by atoms with van der Waals surface area (Å²) in [5.74, 6) is -2.26. The number of carbonyl (C=O) groups is 3. The average Bonchev–Trinajstić information content (AvgIpc) is 3.44. The normalized spacial score (nSPS) is 13.0. The van der Waals surface area contributed by atoms with Crippen molar-refractivity contribution in [2.24, 2.45) is 0 Å². The van der Waals surface area contributed by atoms with E-state index in [1.165, 1.54) is 244 Å². The van der Waals surface area contributed by atoms with Crippen LogP contribution in [-0.2, 0) is 33.3 Å². The lowest BCUT2D eigenvalue weighted by Gasteiger charge is -2.26. The number of allylic oxidation sites excluding steroid dienone is 8. The zero-order valence-electron chi connectivity index (χ0n) is 54.2. The number of carboxylic acids is 1. The van der Waals surface area contributed by atoms with Crippen LogP contribution in [0.5, 0.6) is 0 Å². The molecule has 0 aliphatic heterocycles. The minimum absolute atomic E-state index is 0.150. The quantitative estimate of drug-likeness (QED) is 0.0195. The lowest BCUT2D eigenvalue weighted by atomic mass is 10.0. The minimum Gasteiger partial charge on any atom is -0.545 e. The van der Waals surface area contributed by atoms with Crippen LogP contribution in [-0.4, -0.2) is 82.3 Å². The summed E-state index contributed by atoms with van der Waals surface area (Å²) in [5.41, 5.74) is 0. The maximum absolute atomic E-state index is 12.9. The lowest BCUT2D eigenvalue weighted by Crippen LogP contribution is -2.44. The molecular weight excluding hydrogens is 1010 g/mol. The second-order valence-electron chi connectivity index (χ2n) is 24.8. The fraction of sp³-hybridized carbons (Fsp3) is 0.847. The summed E-state index contributed by atoms with van der Waals surface area (Å²) in [7, 11) is 5.94. The first-order chi connectivity index (χ1) is 39.6. The molecule has 0 saturated heterocycles. The van der Waals surface area contributed by atoms with Crippen molar-refractivity contribution in [2.45, 2.75) is 347 Å². The lowest BCUT2D eigenvalue weighted by molar-refractivity contribution is -0.870. The zero-order chi connectivity index (χ0) is 59.1. The van der Waals surface area contributed by atoms with Crippen molar-refractivity contribution in [2.75, 3.05) is 47.5 Å². The van der Waals surface area contributed by atoms with E-state index in [4.69, 9.17) is 18.9 Å². The van der Waals surface area contributed by atoms with Gasteiger partial charge in [0, 0.05) is 12.8 Å². The van der Waals surface area contributed by atoms with Gasteiger partial charge in [-0.15, -0.1) is 0 Å². The third-order valence-corrected chi connectivity index (χ3v) is 15.6. The van der Waals surface area contributed by atoms with Crippen LogP contribution in [0.4, 0.5) is 0 Å². The SMILES string of the molecule is CC/C=C\C/C=C\C/C=C\C/C=C\CCCCCCCCCCCCCCCCCCCCC(=O)OC(COC(=O)CCCCCCCCCCCCCCCCCCCCCCCCCCC)COC(OCC[N+](C)(C)C)C(=O)[O-]. The number of carboxylic acid groups (broad SMARTS) is 1. The monoisotopic (exact) mass is 1140 g/mol. The van der Waals surface area contributed by atoms with Crippen molar-refractivity contribution < 1.29 is 42.9 Å². The van der Waals surface area contributed by atoms with Gasteiger partial charge in [-0.3, -0.25) is 9.59 Å². The molecule has 81 heavy (non-hydrogen) atoms. The molecule has 0 aliphatic rings. The number of quaternary nitrogens is 1. The van der Waals surface area contributed by atoms with Crippen LogP contribution in [0, 0.1) is 0 Å². The standard InChI is InChI=1S/C72H133NO8/c1-6-8-10-12-14-16-18-20-22-24-26-28-30-32-33-34-35-36-37-39-41-43-45-47-49-51-53-55-57-59-61-63-70(75)81-68(67-80-72(71(76)77)78-65-64-73(3,4)5)66-79-69(74)62-60-58-56-54-52-50-48-46-44-42-40-38-31-29-27-25-23-21-19-17-15-13-11-9-7-2/h8,10,14,16,20,22,26,28,68,72H,6-7,9,11-13,15,17-19,21,23-25,27,29-67H2,1-5H3/b10-8-,16-14-,22-20-,28-26-. The van der Waals surface area contributed by atoms with E-state index in [0.29, 0.717) is 23.9 Å². The number of unbranched alkanes of at least 4 members (excludes halogenated alkanes) is 42. The molecule has 0 rings (SSSR count). The second-order valence-corrected chi connectivity index (χ2v) is 24.8. The van der Waals surface area contributed by atoms with Gasteiger partial charge in [0.15, 0.2) is 12.4 Å². The Balaban J connectivity index is 4.07. The van der Waals surface area contributed by atoms with E-state index in [0.717, 1.165) is 57.8 Å². The van der Waals surface area contributed by atoms with Crippen molar-refractivity contribution in [3.63, 3.8) is 0 Å². The Bertz CT molecular complexity index is 1470. The number of likely N-dealkylation sites (N-methyl/N-ethyl adjacent to an activating group) is 1. The highest BCUT2D eigenvalue weighted by molar-refractivity contribution is 5.70. The van der Waals surface area contributed by atoms with E-state index in [9.17, 15) is 19.5 Å². The molecule has 474 valence electrons. The van der Waals surface area contributed by atoms with Crippen LogP contribution < -0.4 is 5.11 Å². The first-order valence-corrected chi connectivity index (χ1v) is 34.8. The topological polar surface area (TPSA) is 111 Å². The summed E-state index contributed by atoms with van der Waals surface area (Å²) < 4.78 is 22.8. The highest BCUT2D eigenvalue weighted by Gasteiger charge is 2.22. The van der Waals surface area contributed by atoms with E-state index in [2.05, 4.69) is 62.5 Å². The van der Waals surface area contributed by atoms with Crippen LogP contribution in [0.2, 0.25) is 0 Å². The Kier molecular flexibility index (Phi) is 61.1. The average molecular weight is 1140 g/mol. The predicted octanol–water partition coefficient (Wildman–Crippen LogP) is 20.0. The Morgan fingerprint density at radius 2 is 0.704 bits per heavy atom. The summed E-state index contributed by atoms with van der Waals surface area (Å²) in [6, 6.07) is 0. The molecular formula is C72H133NO8. The van der Waals surface area contributed by atoms with Gasteiger partial charge in [-0.25, -0.2) is 0 Å². The van der Waals surface area contributed by atoms with Crippen LogP contribution in [0.1, 0.15) is 335 Å². The summed E-state index contributed by atoms with van der Waals surface area (Å²) in [6.45, 7) is 4.70. The van der Waals surface area contributed by atoms with Crippen molar-refractivity contribution in [1.29, 1.82) is 0 Å². The van der Waals surface area contributed by atoms with Gasteiger partial charge in [-0.1, -0.05) is 319 Å². The van der Waals surface area contributed by atoms with Gasteiger partial charge in [0.05, 0.1) is 40.3 Å². The van der Waals surface area contributed by atoms with E-state index in [1.807, 2.05) is 21.1 Å². The van der Waals surface area contributed by atoms with Gasteiger partial charge in [-0.05, 0) is 51.4 Å². The third-order valence-electron chi connectivity index (χ3n) is 15.6. The molecule has 0 fully saturated rings. The number of aliphatic carboxylic acids is 1. The molecule has 0 aromatic rings. The van der Waals surface area contributed by atoms with E-state index in [1.54, 1.807) is 0 Å². The summed E-state index contributed by atoms with van der Waals surface area (Å²) in [4.78, 5) is 37.5. The van der Waals surface area contributed by atoms with Gasteiger partial charge >= 0.3 is 11.9 Å². The Morgan fingerprint density at radius 3 is 1.05 bits per heavy atom. The molecule has 0 radical (unpaired) electrons. The minimum atomic E-state index is -1.62. The highest BCUT2D eigenvalue weighted by Crippen LogP contribution is 2.19. The highest BCUT2D eigenvalue weighted by atomic mass is 16.7. The fourth-order valence-electron chi connectivity index (χ4n) is 10.3. The van der Waals surface area contributed by atoms with Gasteiger partial charge in [0.25, 0.3) is 0 Å². The maximum Gasteiger partial charge on any atom is 0.306 e. The number of esters is 2. The van der Waals surface area contributed by atoms with Gasteiger partial charge < -0.3 is 33.3 Å². The zero-order valence-corrected chi connectivity index (χ0v) is 54.2. The number of carbonyl (C=O) groups excluding carboxylic acids is 3. The summed E-state index contributed by atoms with van der Waals surface area (Å²) in [5, 5.41) is 11.8. The number of ether oxygens (including phenoxy) is 4. The van der Waals surface area contributed by atoms with Gasteiger partial charge in [-0.2, -0.15) is 0 Å². The van der Waals surface area contributed by atoms with Crippen LogP contribution in [0.3, 0.4) is 0 Å². The number of rotatable bonds is 65. The largest absolute Gasteiger partial charge is 0.545 e. The smallest absolute Gasteiger partial charge is 0.306 e. The molecule has 0 aromatic carbocycles. The van der Waals surface area contributed by atoms with Gasteiger partial charge in [0.1, 0.15) is 13.2 Å². The second kappa shape index (κ2) is 63.3. The first-order valence-electron chi connectivity index (χ1n) is 34.8. The predicted molar refractivity (Wildman–Crippen MR) is 343 cm³/mol. The molecule has 0 heterocycles. The van der Waals surface area contributed by atoms with Crippen LogP contribution in [0.25, 0.3) is 0 Å². The van der Waals surface area contributed by atoms with E-state index < -0.39 is 24.3 Å². The van der Waals surface area contributed by atoms with Crippen LogP contribution in [0.15, 0.2) is 48.6 Å². The van der Waals surface area contributed by atoms with Crippen LogP contribution >= 0.6 is 0 Å². The first kappa shape index (κ1) is 78.2. The van der Waals surface area contributed by atoms with Crippen molar-refractivity contribution in [1.82, 2.24) is 0 Å². The molecule has 0 N–H and O–H groups in total. The van der Waals surface area contributed by atoms with E-state index >= 15 is 0 Å². The molecule has 0 spiro atoms. The Labute approximate surface area is 502 Å². The number of nitrogens with zero attached hydrogens (tertiary/aromatic N) is 1. The van der Waals surface area contributed by atoms with Crippen molar-refractivity contribution >= 4 is 17.9 Å². The van der Waals surface area contributed by atoms with E-state index in [-0.39, 0.29) is 32.2 Å². The molecule has 0 aliphatic carbocycles. The maximum atomic E-state index is 12.9.